The number of benzene rings is 2. The summed E-state index contributed by atoms with van der Waals surface area (Å²) in [5, 5.41) is 3.23. The molecule has 1 nitrogen and oxygen atoms in total. The summed E-state index contributed by atoms with van der Waals surface area (Å²) in [6.45, 7) is 0. The minimum Gasteiger partial charge on any atom is -0.457 e. The highest BCUT2D eigenvalue weighted by atomic mass is 79.9. The van der Waals surface area contributed by atoms with Crippen LogP contribution in [0.1, 0.15) is 22.3 Å². The predicted molar refractivity (Wildman–Crippen MR) is 103 cm³/mol. The molecule has 0 atom stereocenters. The van der Waals surface area contributed by atoms with E-state index >= 15 is 0 Å². The van der Waals surface area contributed by atoms with Crippen molar-refractivity contribution in [1.82, 2.24) is 0 Å². The van der Waals surface area contributed by atoms with Crippen molar-refractivity contribution in [1.29, 1.82) is 0 Å². The van der Waals surface area contributed by atoms with E-state index in [4.69, 9.17) is 4.74 Å². The minimum atomic E-state index is 0.770. The fourth-order valence-corrected chi connectivity index (χ4v) is 3.53. The van der Waals surface area contributed by atoms with Crippen LogP contribution in [-0.2, 0) is 21.3 Å². The van der Waals surface area contributed by atoms with Crippen molar-refractivity contribution in [3.63, 3.8) is 0 Å². The van der Waals surface area contributed by atoms with Crippen molar-refractivity contribution in [2.24, 2.45) is 0 Å². The Morgan fingerprint density at radius 1 is 0.619 bits per heavy atom. The fourth-order valence-electron chi connectivity index (χ4n) is 1.96. The molecule has 2 rings (SSSR count). The molecule has 21 heavy (non-hydrogen) atoms. The summed E-state index contributed by atoms with van der Waals surface area (Å²) in [5.41, 5.74) is 4.79. The molecule has 0 heterocycles. The molecule has 0 amide bonds. The van der Waals surface area contributed by atoms with Gasteiger partial charge in [0.05, 0.1) is 0 Å². The molecule has 0 saturated carbocycles. The van der Waals surface area contributed by atoms with Crippen LogP contribution in [0.5, 0.6) is 11.5 Å². The molecule has 2 aromatic rings. The third kappa shape index (κ3) is 4.57. The Morgan fingerprint density at radius 3 is 1.38 bits per heavy atom. The van der Waals surface area contributed by atoms with Gasteiger partial charge in [0, 0.05) is 32.4 Å². The highest BCUT2D eigenvalue weighted by molar-refractivity contribution is 9.09. The van der Waals surface area contributed by atoms with Gasteiger partial charge in [0.1, 0.15) is 11.5 Å². The quantitative estimate of drug-likeness (QED) is 0.356. The minimum absolute atomic E-state index is 0.770. The smallest absolute Gasteiger partial charge is 0.131 e. The first-order chi connectivity index (χ1) is 10.2. The summed E-state index contributed by atoms with van der Waals surface area (Å²) in [7, 11) is 0. The van der Waals surface area contributed by atoms with Gasteiger partial charge in [0.15, 0.2) is 0 Å². The van der Waals surface area contributed by atoms with Gasteiger partial charge in [-0.1, -0.05) is 88.0 Å². The van der Waals surface area contributed by atoms with Gasteiger partial charge < -0.3 is 4.74 Å². The highest BCUT2D eigenvalue weighted by Gasteiger charge is 2.09. The van der Waals surface area contributed by atoms with Gasteiger partial charge in [-0.2, -0.15) is 0 Å². The van der Waals surface area contributed by atoms with Crippen molar-refractivity contribution in [2.75, 3.05) is 0 Å². The van der Waals surface area contributed by atoms with Crippen LogP contribution >= 0.6 is 63.7 Å². The summed E-state index contributed by atoms with van der Waals surface area (Å²) in [5.74, 6) is 1.79. The maximum Gasteiger partial charge on any atom is 0.131 e. The van der Waals surface area contributed by atoms with E-state index in [9.17, 15) is 0 Å². The zero-order chi connectivity index (χ0) is 15.2. The lowest BCUT2D eigenvalue weighted by molar-refractivity contribution is 0.474. The van der Waals surface area contributed by atoms with E-state index in [0.29, 0.717) is 0 Å². The van der Waals surface area contributed by atoms with E-state index in [1.807, 2.05) is 12.1 Å². The normalized spacial score (nSPS) is 10.7. The second-order valence-corrected chi connectivity index (χ2v) is 6.76. The molecule has 0 aromatic heterocycles. The molecule has 0 saturated heterocycles. The Kier molecular flexibility index (Phi) is 7.26. The third-order valence-corrected chi connectivity index (χ3v) is 5.57. The van der Waals surface area contributed by atoms with E-state index in [-0.39, 0.29) is 0 Å². The van der Waals surface area contributed by atoms with Crippen molar-refractivity contribution < 1.29 is 4.74 Å². The van der Waals surface area contributed by atoms with E-state index in [0.717, 1.165) is 43.9 Å². The Balaban J connectivity index is 2.33. The molecule has 0 bridgehead atoms. The molecular weight excluding hydrogens is 528 g/mol. The Hall–Kier alpha value is 0.160. The first kappa shape index (κ1) is 17.5. The molecule has 0 fully saturated rings. The van der Waals surface area contributed by atoms with E-state index in [1.165, 1.54) is 11.1 Å². The lowest BCUT2D eigenvalue weighted by atomic mass is 10.1. The van der Waals surface area contributed by atoms with Crippen molar-refractivity contribution >= 4 is 63.7 Å². The van der Waals surface area contributed by atoms with E-state index in [1.54, 1.807) is 0 Å². The third-order valence-electron chi connectivity index (χ3n) is 3.07. The Bertz CT molecular complexity index is 560. The monoisotopic (exact) mass is 538 g/mol. The summed E-state index contributed by atoms with van der Waals surface area (Å²) in [6, 6.07) is 12.5. The van der Waals surface area contributed by atoms with Crippen LogP contribution in [0.2, 0.25) is 0 Å². The largest absolute Gasteiger partial charge is 0.457 e. The first-order valence-electron chi connectivity index (χ1n) is 6.37. The highest BCUT2D eigenvalue weighted by Crippen LogP contribution is 2.32. The Labute approximate surface area is 159 Å². The summed E-state index contributed by atoms with van der Waals surface area (Å²) >= 11 is 14.0. The number of alkyl halides is 4. The molecule has 0 N–H and O–H groups in total. The molecule has 5 heteroatoms. The van der Waals surface area contributed by atoms with Crippen molar-refractivity contribution in [2.45, 2.75) is 21.3 Å². The molecule has 0 aliphatic rings. The van der Waals surface area contributed by atoms with Gasteiger partial charge in [-0.15, -0.1) is 0 Å². The lowest BCUT2D eigenvalue weighted by Crippen LogP contribution is -1.95. The molecule has 0 radical (unpaired) electrons. The van der Waals surface area contributed by atoms with Crippen LogP contribution in [-0.4, -0.2) is 0 Å². The molecule has 112 valence electrons. The lowest BCUT2D eigenvalue weighted by Gasteiger charge is -2.14. The van der Waals surface area contributed by atoms with Crippen molar-refractivity contribution in [3.8, 4) is 11.5 Å². The summed E-state index contributed by atoms with van der Waals surface area (Å²) in [4.78, 5) is 0. The molecule has 0 spiro atoms. The zero-order valence-electron chi connectivity index (χ0n) is 11.2. The van der Waals surface area contributed by atoms with Gasteiger partial charge in [0.2, 0.25) is 0 Å². The van der Waals surface area contributed by atoms with Crippen LogP contribution < -0.4 is 4.74 Å². The van der Waals surface area contributed by atoms with Crippen molar-refractivity contribution in [3.05, 3.63) is 58.7 Å². The topological polar surface area (TPSA) is 9.23 Å². The number of hydrogen-bond donors (Lipinski definition) is 0. The number of ether oxygens (including phenoxy) is 1. The second-order valence-electron chi connectivity index (χ2n) is 4.52. The summed E-state index contributed by atoms with van der Waals surface area (Å²) in [6.07, 6.45) is 0. The first-order valence-corrected chi connectivity index (χ1v) is 10.9. The fraction of sp³-hybridized carbons (Fsp3) is 0.250. The molecule has 0 aliphatic heterocycles. The average molecular weight is 542 g/mol. The number of rotatable bonds is 6. The number of halogens is 4. The average Bonchev–Trinajstić information content (AvgIpc) is 2.55. The second kappa shape index (κ2) is 8.70. The maximum absolute atomic E-state index is 6.13. The van der Waals surface area contributed by atoms with Crippen LogP contribution in [0.3, 0.4) is 0 Å². The van der Waals surface area contributed by atoms with E-state index in [2.05, 4.69) is 88.0 Å². The van der Waals surface area contributed by atoms with Gasteiger partial charge in [0.25, 0.3) is 0 Å². The predicted octanol–water partition coefficient (Wildman–Crippen LogP) is 7.06. The van der Waals surface area contributed by atoms with Gasteiger partial charge in [-0.05, 0) is 23.3 Å². The van der Waals surface area contributed by atoms with Crippen LogP contribution in [0.25, 0.3) is 0 Å². The summed E-state index contributed by atoms with van der Waals surface area (Å²) < 4.78 is 6.13. The van der Waals surface area contributed by atoms with E-state index < -0.39 is 0 Å². The molecule has 0 unspecified atom stereocenters. The molecular formula is C16H14Br4O. The molecule has 0 aliphatic carbocycles. The Morgan fingerprint density at radius 2 is 1.05 bits per heavy atom. The SMILES string of the molecule is BrCc1ccc(Oc2ccc(CBr)cc2CBr)c(CBr)c1. The van der Waals surface area contributed by atoms with Gasteiger partial charge >= 0.3 is 0 Å². The standard InChI is InChI=1S/C16H14Br4O/c17-7-11-1-3-15(13(5-11)9-19)21-16-4-2-12(8-18)6-14(16)10-20/h1-6H,7-10H2. The molecule has 2 aromatic carbocycles. The van der Waals surface area contributed by atoms with Crippen LogP contribution in [0.4, 0.5) is 0 Å². The zero-order valence-corrected chi connectivity index (χ0v) is 17.6. The van der Waals surface area contributed by atoms with Gasteiger partial charge in [-0.3, -0.25) is 0 Å². The van der Waals surface area contributed by atoms with Gasteiger partial charge in [-0.25, -0.2) is 0 Å². The van der Waals surface area contributed by atoms with Crippen LogP contribution in [0.15, 0.2) is 36.4 Å². The van der Waals surface area contributed by atoms with Crippen LogP contribution in [0, 0.1) is 0 Å². The number of hydrogen-bond acceptors (Lipinski definition) is 1. The maximum atomic E-state index is 6.13.